The Balaban J connectivity index is 2.05. The number of amides is 1. The highest BCUT2D eigenvalue weighted by Crippen LogP contribution is 2.11. The molecule has 0 bridgehead atoms. The number of carbonyl (C=O) groups is 2. The van der Waals surface area contributed by atoms with E-state index in [1.807, 2.05) is 38.1 Å². The molecule has 2 rings (SSSR count). The fourth-order valence-corrected chi connectivity index (χ4v) is 2.19. The number of carbonyl (C=O) groups excluding carboxylic acids is 2. The van der Waals surface area contributed by atoms with E-state index in [1.165, 1.54) is 0 Å². The number of para-hydroxylation sites is 2. The molecule has 1 heterocycles. The monoisotopic (exact) mass is 288 g/mol. The third kappa shape index (κ3) is 3.46. The van der Waals surface area contributed by atoms with Gasteiger partial charge < -0.3 is 10.7 Å². The first-order valence-corrected chi connectivity index (χ1v) is 7.03. The van der Waals surface area contributed by atoms with Crippen LogP contribution >= 0.6 is 0 Å². The van der Waals surface area contributed by atoms with Crippen LogP contribution in [0.25, 0.3) is 11.0 Å². The third-order valence-electron chi connectivity index (χ3n) is 3.66. The van der Waals surface area contributed by atoms with Gasteiger partial charge in [0.25, 0.3) is 0 Å². The second-order valence-electron chi connectivity index (χ2n) is 5.17. The highest BCUT2D eigenvalue weighted by Gasteiger charge is 2.22. The van der Waals surface area contributed by atoms with Crippen molar-refractivity contribution >= 4 is 22.7 Å². The van der Waals surface area contributed by atoms with Crippen molar-refractivity contribution < 1.29 is 9.59 Å². The molecule has 0 saturated carbocycles. The van der Waals surface area contributed by atoms with Crippen LogP contribution in [0, 0.1) is 5.92 Å². The molecule has 2 atom stereocenters. The second kappa shape index (κ2) is 6.49. The summed E-state index contributed by atoms with van der Waals surface area (Å²) in [6.45, 7) is 3.93. The summed E-state index contributed by atoms with van der Waals surface area (Å²) in [4.78, 5) is 30.8. The van der Waals surface area contributed by atoms with Gasteiger partial charge in [-0.05, 0) is 18.1 Å². The average Bonchev–Trinajstić information content (AvgIpc) is 2.90. The Morgan fingerprint density at radius 1 is 1.38 bits per heavy atom. The van der Waals surface area contributed by atoms with Gasteiger partial charge in [-0.25, -0.2) is 4.98 Å². The summed E-state index contributed by atoms with van der Waals surface area (Å²) in [5.41, 5.74) is 6.92. The summed E-state index contributed by atoms with van der Waals surface area (Å²) in [5, 5.41) is 2.93. The Bertz CT molecular complexity index is 617. The van der Waals surface area contributed by atoms with Crippen molar-refractivity contribution in [3.63, 3.8) is 0 Å². The van der Waals surface area contributed by atoms with Crippen LogP contribution < -0.4 is 11.1 Å². The van der Waals surface area contributed by atoms with Crippen molar-refractivity contribution in [2.24, 2.45) is 11.7 Å². The van der Waals surface area contributed by atoms with Gasteiger partial charge >= 0.3 is 0 Å². The number of nitrogens with one attached hydrogen (secondary N) is 2. The van der Waals surface area contributed by atoms with E-state index in [-0.39, 0.29) is 24.1 Å². The fourth-order valence-electron chi connectivity index (χ4n) is 2.19. The molecule has 1 aromatic carbocycles. The van der Waals surface area contributed by atoms with Crippen molar-refractivity contribution in [3.05, 3.63) is 30.1 Å². The van der Waals surface area contributed by atoms with Gasteiger partial charge in [-0.1, -0.05) is 32.4 Å². The molecule has 0 fully saturated rings. The number of imidazole rings is 1. The standard InChI is InChI=1S/C15H20N4O2/c1-3-9(2)13(14(16)21)17-8-12(20)15-18-10-6-4-5-7-11(10)19-15/h4-7,9,13,17H,3,8H2,1-2H3,(H2,16,21)(H,18,19)/t9-,13-/m0/s1. The number of benzene rings is 1. The molecule has 0 unspecified atom stereocenters. The summed E-state index contributed by atoms with van der Waals surface area (Å²) < 4.78 is 0. The molecule has 1 amide bonds. The number of rotatable bonds is 7. The maximum Gasteiger partial charge on any atom is 0.234 e. The number of Topliss-reactive ketones (excluding diaryl/α,β-unsaturated/α-hetero) is 1. The molecular weight excluding hydrogens is 268 g/mol. The first kappa shape index (κ1) is 15.2. The Hall–Kier alpha value is -2.21. The lowest BCUT2D eigenvalue weighted by atomic mass is 9.98. The number of aromatic nitrogens is 2. The van der Waals surface area contributed by atoms with Crippen LogP contribution in [0.15, 0.2) is 24.3 Å². The lowest BCUT2D eigenvalue weighted by Crippen LogP contribution is -2.47. The van der Waals surface area contributed by atoms with E-state index in [9.17, 15) is 9.59 Å². The summed E-state index contributed by atoms with van der Waals surface area (Å²) in [6.07, 6.45) is 0.805. The van der Waals surface area contributed by atoms with Crippen molar-refractivity contribution in [2.75, 3.05) is 6.54 Å². The van der Waals surface area contributed by atoms with Gasteiger partial charge in [-0.3, -0.25) is 14.9 Å². The third-order valence-corrected chi connectivity index (χ3v) is 3.66. The zero-order valence-electron chi connectivity index (χ0n) is 12.2. The van der Waals surface area contributed by atoms with Gasteiger partial charge in [0.15, 0.2) is 5.82 Å². The van der Waals surface area contributed by atoms with Crippen LogP contribution in [0.3, 0.4) is 0 Å². The number of aromatic amines is 1. The van der Waals surface area contributed by atoms with E-state index in [1.54, 1.807) is 0 Å². The fraction of sp³-hybridized carbons (Fsp3) is 0.400. The van der Waals surface area contributed by atoms with Crippen molar-refractivity contribution in [3.8, 4) is 0 Å². The topological polar surface area (TPSA) is 101 Å². The highest BCUT2D eigenvalue weighted by atomic mass is 16.1. The zero-order valence-corrected chi connectivity index (χ0v) is 12.2. The molecule has 4 N–H and O–H groups in total. The van der Waals surface area contributed by atoms with Gasteiger partial charge in [0, 0.05) is 0 Å². The number of primary amides is 1. The lowest BCUT2D eigenvalue weighted by molar-refractivity contribution is -0.121. The van der Waals surface area contributed by atoms with Crippen LogP contribution in [0.4, 0.5) is 0 Å². The normalized spacial score (nSPS) is 14.0. The molecule has 0 saturated heterocycles. The Morgan fingerprint density at radius 3 is 2.71 bits per heavy atom. The number of nitrogens with two attached hydrogens (primary N) is 1. The van der Waals surface area contributed by atoms with Crippen LogP contribution in [0.1, 0.15) is 30.9 Å². The predicted octanol–water partition coefficient (Wildman–Crippen LogP) is 1.24. The molecule has 112 valence electrons. The van der Waals surface area contributed by atoms with Crippen LogP contribution in [0.5, 0.6) is 0 Å². The Morgan fingerprint density at radius 2 is 2.10 bits per heavy atom. The summed E-state index contributed by atoms with van der Waals surface area (Å²) >= 11 is 0. The van der Waals surface area contributed by atoms with Gasteiger partial charge in [0.05, 0.1) is 23.6 Å². The smallest absolute Gasteiger partial charge is 0.234 e. The van der Waals surface area contributed by atoms with Crippen LogP contribution in [-0.2, 0) is 4.79 Å². The van der Waals surface area contributed by atoms with E-state index in [4.69, 9.17) is 5.73 Å². The maximum atomic E-state index is 12.1. The van der Waals surface area contributed by atoms with E-state index in [0.717, 1.165) is 17.5 Å². The first-order valence-electron chi connectivity index (χ1n) is 7.03. The molecule has 0 aliphatic carbocycles. The zero-order chi connectivity index (χ0) is 15.4. The van der Waals surface area contributed by atoms with Crippen molar-refractivity contribution in [2.45, 2.75) is 26.3 Å². The number of H-pyrrole nitrogens is 1. The number of hydrogen-bond donors (Lipinski definition) is 3. The van der Waals surface area contributed by atoms with E-state index in [2.05, 4.69) is 15.3 Å². The minimum absolute atomic E-state index is 0.0256. The van der Waals surface area contributed by atoms with Crippen LogP contribution in [-0.4, -0.2) is 34.2 Å². The number of nitrogens with zero attached hydrogens (tertiary/aromatic N) is 1. The molecule has 2 aromatic rings. The lowest BCUT2D eigenvalue weighted by Gasteiger charge is -2.20. The summed E-state index contributed by atoms with van der Waals surface area (Å²) in [5.74, 6) is -0.274. The highest BCUT2D eigenvalue weighted by molar-refractivity contribution is 5.97. The number of ketones is 1. The Kier molecular flexibility index (Phi) is 4.70. The molecule has 0 aliphatic heterocycles. The SMILES string of the molecule is CC[C@H](C)[C@H](NCC(=O)c1nc2ccccc2[nH]1)C(N)=O. The molecule has 21 heavy (non-hydrogen) atoms. The largest absolute Gasteiger partial charge is 0.368 e. The minimum atomic E-state index is -0.511. The van der Waals surface area contributed by atoms with Gasteiger partial charge in [0.1, 0.15) is 0 Å². The van der Waals surface area contributed by atoms with Gasteiger partial charge in [-0.15, -0.1) is 0 Å². The predicted molar refractivity (Wildman–Crippen MR) is 80.9 cm³/mol. The van der Waals surface area contributed by atoms with Crippen LogP contribution in [0.2, 0.25) is 0 Å². The Labute approximate surface area is 123 Å². The average molecular weight is 288 g/mol. The number of fused-ring (bicyclic) bond motifs is 1. The second-order valence-corrected chi connectivity index (χ2v) is 5.17. The molecule has 0 radical (unpaired) electrons. The van der Waals surface area contributed by atoms with Crippen molar-refractivity contribution in [1.29, 1.82) is 0 Å². The molecule has 0 aliphatic rings. The summed E-state index contributed by atoms with van der Waals surface area (Å²) in [6, 6.07) is 6.92. The first-order chi connectivity index (χ1) is 10.0. The van der Waals surface area contributed by atoms with Crippen molar-refractivity contribution in [1.82, 2.24) is 15.3 Å². The van der Waals surface area contributed by atoms with E-state index < -0.39 is 11.9 Å². The van der Waals surface area contributed by atoms with Gasteiger partial charge in [0.2, 0.25) is 11.7 Å². The minimum Gasteiger partial charge on any atom is -0.368 e. The maximum absolute atomic E-state index is 12.1. The quantitative estimate of drug-likeness (QED) is 0.667. The van der Waals surface area contributed by atoms with E-state index >= 15 is 0 Å². The molecule has 6 nitrogen and oxygen atoms in total. The van der Waals surface area contributed by atoms with E-state index in [0.29, 0.717) is 0 Å². The molecule has 0 spiro atoms. The van der Waals surface area contributed by atoms with Gasteiger partial charge in [-0.2, -0.15) is 0 Å². The number of hydrogen-bond acceptors (Lipinski definition) is 4. The molecule has 1 aromatic heterocycles. The summed E-state index contributed by atoms with van der Waals surface area (Å²) in [7, 11) is 0. The molecular formula is C15H20N4O2. The molecule has 6 heteroatoms.